The molecule has 0 bridgehead atoms. The van der Waals surface area contributed by atoms with E-state index in [2.05, 4.69) is 15.6 Å². The Bertz CT molecular complexity index is 717. The van der Waals surface area contributed by atoms with Gasteiger partial charge in [0, 0.05) is 25.3 Å². The van der Waals surface area contributed by atoms with Crippen molar-refractivity contribution in [2.75, 3.05) is 13.1 Å². The van der Waals surface area contributed by atoms with Crippen LogP contribution in [0.25, 0.3) is 0 Å². The topological polar surface area (TPSA) is 54.0 Å². The zero-order valence-electron chi connectivity index (χ0n) is 12.6. The zero-order valence-corrected chi connectivity index (χ0v) is 14.2. The molecule has 1 amide bonds. The molecule has 0 saturated carbocycles. The lowest BCUT2D eigenvalue weighted by atomic mass is 9.72. The van der Waals surface area contributed by atoms with Gasteiger partial charge in [0.05, 0.1) is 26.7 Å². The quantitative estimate of drug-likeness (QED) is 0.891. The third kappa shape index (κ3) is 2.94. The van der Waals surface area contributed by atoms with Crippen molar-refractivity contribution in [1.29, 1.82) is 0 Å². The second-order valence-electron chi connectivity index (χ2n) is 5.77. The monoisotopic (exact) mass is 349 g/mol. The van der Waals surface area contributed by atoms with Gasteiger partial charge in [-0.3, -0.25) is 9.78 Å². The largest absolute Gasteiger partial charge is 0.348 e. The molecule has 1 saturated heterocycles. The molecular weight excluding hydrogens is 333 g/mol. The molecule has 2 heterocycles. The number of benzene rings is 1. The van der Waals surface area contributed by atoms with Gasteiger partial charge in [-0.05, 0) is 31.2 Å². The molecule has 1 aromatic heterocycles. The Morgan fingerprint density at radius 1 is 1.26 bits per heavy atom. The van der Waals surface area contributed by atoms with Crippen LogP contribution in [0.15, 0.2) is 42.6 Å². The number of aromatic nitrogens is 1. The molecular formula is C17H17Cl2N3O. The van der Waals surface area contributed by atoms with Gasteiger partial charge in [0.15, 0.2) is 0 Å². The Kier molecular flexibility index (Phi) is 4.57. The molecule has 120 valence electrons. The van der Waals surface area contributed by atoms with Crippen LogP contribution < -0.4 is 10.6 Å². The number of amides is 1. The molecule has 1 atom stereocenters. The highest BCUT2D eigenvalue weighted by Gasteiger charge is 2.45. The summed E-state index contributed by atoms with van der Waals surface area (Å²) in [6.07, 6.45) is 1.78. The molecule has 6 heteroatoms. The minimum atomic E-state index is -0.229. The number of nitrogens with one attached hydrogen (secondary N) is 2. The van der Waals surface area contributed by atoms with Crippen LogP contribution in [-0.2, 0) is 5.41 Å². The van der Waals surface area contributed by atoms with Crippen molar-refractivity contribution >= 4 is 29.1 Å². The second-order valence-corrected chi connectivity index (χ2v) is 6.56. The van der Waals surface area contributed by atoms with E-state index in [-0.39, 0.29) is 22.4 Å². The van der Waals surface area contributed by atoms with Crippen molar-refractivity contribution in [3.8, 4) is 0 Å². The van der Waals surface area contributed by atoms with Crippen LogP contribution in [0.2, 0.25) is 10.0 Å². The second kappa shape index (κ2) is 6.48. The van der Waals surface area contributed by atoms with Gasteiger partial charge in [-0.1, -0.05) is 35.3 Å². The van der Waals surface area contributed by atoms with E-state index >= 15 is 0 Å². The Labute approximate surface area is 145 Å². The maximum Gasteiger partial charge on any atom is 0.253 e. The van der Waals surface area contributed by atoms with Crippen molar-refractivity contribution in [3.05, 3.63) is 63.9 Å². The van der Waals surface area contributed by atoms with E-state index in [4.69, 9.17) is 23.2 Å². The minimum absolute atomic E-state index is 0.0961. The van der Waals surface area contributed by atoms with Crippen LogP contribution in [0.4, 0.5) is 0 Å². The lowest BCUT2D eigenvalue weighted by molar-refractivity contribution is 0.0895. The fourth-order valence-electron chi connectivity index (χ4n) is 2.85. The number of pyridine rings is 1. The summed E-state index contributed by atoms with van der Waals surface area (Å²) in [6.45, 7) is 3.54. The van der Waals surface area contributed by atoms with E-state index in [0.717, 1.165) is 18.8 Å². The highest BCUT2D eigenvalue weighted by Crippen LogP contribution is 2.31. The number of halogens is 2. The molecule has 0 unspecified atom stereocenters. The molecule has 3 rings (SSSR count). The van der Waals surface area contributed by atoms with Crippen LogP contribution in [-0.4, -0.2) is 30.0 Å². The summed E-state index contributed by atoms with van der Waals surface area (Å²) in [6, 6.07) is 10.8. The molecule has 1 aromatic carbocycles. The van der Waals surface area contributed by atoms with Crippen molar-refractivity contribution in [3.63, 3.8) is 0 Å². The Hall–Kier alpha value is -1.62. The predicted molar refractivity (Wildman–Crippen MR) is 92.2 cm³/mol. The third-order valence-electron chi connectivity index (χ3n) is 4.43. The first-order valence-electron chi connectivity index (χ1n) is 7.42. The van der Waals surface area contributed by atoms with Crippen molar-refractivity contribution in [2.45, 2.75) is 18.4 Å². The summed E-state index contributed by atoms with van der Waals surface area (Å²) in [7, 11) is 0. The molecule has 1 aliphatic heterocycles. The highest BCUT2D eigenvalue weighted by molar-refractivity contribution is 6.43. The van der Waals surface area contributed by atoms with E-state index in [0.29, 0.717) is 10.6 Å². The number of carbonyl (C=O) groups excluding carboxylic acids is 1. The molecule has 2 N–H and O–H groups in total. The first kappa shape index (κ1) is 16.2. The van der Waals surface area contributed by atoms with Gasteiger partial charge in [0.2, 0.25) is 0 Å². The standard InChI is InChI=1S/C17H17Cl2N3O/c1-11(17(9-20-10-17)14-7-2-3-8-21-14)22-16(23)12-5-4-6-13(18)15(12)19/h2-8,11,20H,9-10H2,1H3,(H,22,23)/t11-/m0/s1. The third-order valence-corrected chi connectivity index (χ3v) is 5.25. The van der Waals surface area contributed by atoms with Crippen molar-refractivity contribution in [2.24, 2.45) is 0 Å². The highest BCUT2D eigenvalue weighted by atomic mass is 35.5. The van der Waals surface area contributed by atoms with E-state index in [1.807, 2.05) is 25.1 Å². The minimum Gasteiger partial charge on any atom is -0.348 e. The average molecular weight is 350 g/mol. The summed E-state index contributed by atoms with van der Waals surface area (Å²) < 4.78 is 0. The summed E-state index contributed by atoms with van der Waals surface area (Å²) in [5.74, 6) is -0.229. The Balaban J connectivity index is 1.82. The van der Waals surface area contributed by atoms with Crippen molar-refractivity contribution < 1.29 is 4.79 Å². The number of carbonyl (C=O) groups is 1. The van der Waals surface area contributed by atoms with Gasteiger partial charge >= 0.3 is 0 Å². The number of nitrogens with zero attached hydrogens (tertiary/aromatic N) is 1. The molecule has 0 spiro atoms. The Morgan fingerprint density at radius 2 is 2.04 bits per heavy atom. The van der Waals surface area contributed by atoms with E-state index < -0.39 is 0 Å². The first-order valence-corrected chi connectivity index (χ1v) is 8.17. The van der Waals surface area contributed by atoms with Gasteiger partial charge in [0.1, 0.15) is 0 Å². The SMILES string of the molecule is C[C@H](NC(=O)c1cccc(Cl)c1Cl)C1(c2ccccn2)CNC1. The van der Waals surface area contributed by atoms with Crippen LogP contribution in [0.1, 0.15) is 23.0 Å². The number of hydrogen-bond acceptors (Lipinski definition) is 3. The summed E-state index contributed by atoms with van der Waals surface area (Å²) in [5.41, 5.74) is 1.15. The smallest absolute Gasteiger partial charge is 0.253 e. The normalized spacial score (nSPS) is 17.2. The van der Waals surface area contributed by atoms with Crippen LogP contribution in [0.5, 0.6) is 0 Å². The van der Waals surface area contributed by atoms with Crippen LogP contribution >= 0.6 is 23.2 Å². The van der Waals surface area contributed by atoms with Crippen LogP contribution in [0.3, 0.4) is 0 Å². The van der Waals surface area contributed by atoms with Gasteiger partial charge in [-0.2, -0.15) is 0 Å². The van der Waals surface area contributed by atoms with Crippen molar-refractivity contribution in [1.82, 2.24) is 15.6 Å². The lowest BCUT2D eigenvalue weighted by Gasteiger charge is -2.46. The summed E-state index contributed by atoms with van der Waals surface area (Å²) in [5, 5.41) is 6.97. The summed E-state index contributed by atoms with van der Waals surface area (Å²) >= 11 is 12.1. The lowest BCUT2D eigenvalue weighted by Crippen LogP contribution is -2.66. The molecule has 23 heavy (non-hydrogen) atoms. The Morgan fingerprint density at radius 3 is 2.65 bits per heavy atom. The van der Waals surface area contributed by atoms with Gasteiger partial charge in [0.25, 0.3) is 5.91 Å². The van der Waals surface area contributed by atoms with Crippen LogP contribution in [0, 0.1) is 0 Å². The van der Waals surface area contributed by atoms with Gasteiger partial charge in [-0.15, -0.1) is 0 Å². The van der Waals surface area contributed by atoms with E-state index in [1.165, 1.54) is 0 Å². The molecule has 0 radical (unpaired) electrons. The van der Waals surface area contributed by atoms with Gasteiger partial charge < -0.3 is 10.6 Å². The predicted octanol–water partition coefficient (Wildman–Crippen LogP) is 3.05. The maximum absolute atomic E-state index is 12.6. The number of rotatable bonds is 4. The average Bonchev–Trinajstić information content (AvgIpc) is 2.50. The molecule has 4 nitrogen and oxygen atoms in total. The summed E-state index contributed by atoms with van der Waals surface area (Å²) in [4.78, 5) is 17.0. The molecule has 1 fully saturated rings. The number of hydrogen-bond donors (Lipinski definition) is 2. The zero-order chi connectivity index (χ0) is 16.4. The molecule has 0 aliphatic carbocycles. The molecule has 2 aromatic rings. The van der Waals surface area contributed by atoms with E-state index in [1.54, 1.807) is 24.4 Å². The fourth-order valence-corrected chi connectivity index (χ4v) is 3.24. The van der Waals surface area contributed by atoms with Gasteiger partial charge in [-0.25, -0.2) is 0 Å². The van der Waals surface area contributed by atoms with E-state index in [9.17, 15) is 4.79 Å². The fraction of sp³-hybridized carbons (Fsp3) is 0.294. The maximum atomic E-state index is 12.6. The molecule has 1 aliphatic rings. The first-order chi connectivity index (χ1) is 11.0.